The third kappa shape index (κ3) is 3.84. The standard InChI is InChI=1S/C9H9F3N2O2/c10-9(11,12)7-5-8(14-6-13-7)16-4-2-1-3-15/h3,5-6H,1-2,4H2. The molecule has 4 nitrogen and oxygen atoms in total. The van der Waals surface area contributed by atoms with E-state index in [-0.39, 0.29) is 12.5 Å². The van der Waals surface area contributed by atoms with Gasteiger partial charge in [0.1, 0.15) is 12.6 Å². The normalized spacial score (nSPS) is 11.2. The summed E-state index contributed by atoms with van der Waals surface area (Å²) in [6, 6.07) is 0.723. The molecule has 0 unspecified atom stereocenters. The molecule has 0 spiro atoms. The molecule has 16 heavy (non-hydrogen) atoms. The molecule has 1 heterocycles. The van der Waals surface area contributed by atoms with Gasteiger partial charge in [0.25, 0.3) is 0 Å². The molecule has 0 radical (unpaired) electrons. The fourth-order valence-electron chi connectivity index (χ4n) is 0.917. The average molecular weight is 234 g/mol. The zero-order chi connectivity index (χ0) is 12.0. The van der Waals surface area contributed by atoms with Crippen LogP contribution < -0.4 is 4.74 Å². The van der Waals surface area contributed by atoms with Gasteiger partial charge in [-0.2, -0.15) is 13.2 Å². The second kappa shape index (κ2) is 5.43. The number of unbranched alkanes of at least 4 members (excludes halogenated alkanes) is 1. The molecule has 0 saturated carbocycles. The number of aromatic nitrogens is 2. The van der Waals surface area contributed by atoms with Crippen LogP contribution in [0, 0.1) is 0 Å². The van der Waals surface area contributed by atoms with Crippen LogP contribution in [0.2, 0.25) is 0 Å². The third-order valence-electron chi connectivity index (χ3n) is 1.65. The summed E-state index contributed by atoms with van der Waals surface area (Å²) in [6.45, 7) is 0.146. The summed E-state index contributed by atoms with van der Waals surface area (Å²) in [4.78, 5) is 16.6. The van der Waals surface area contributed by atoms with Gasteiger partial charge in [-0.3, -0.25) is 0 Å². The molecule has 0 atom stereocenters. The number of rotatable bonds is 5. The van der Waals surface area contributed by atoms with Crippen molar-refractivity contribution in [3.8, 4) is 5.88 Å². The number of ether oxygens (including phenoxy) is 1. The van der Waals surface area contributed by atoms with Crippen LogP contribution in [0.3, 0.4) is 0 Å². The topological polar surface area (TPSA) is 52.1 Å². The minimum absolute atomic E-state index is 0.145. The van der Waals surface area contributed by atoms with Crippen LogP contribution in [0.1, 0.15) is 18.5 Å². The van der Waals surface area contributed by atoms with Gasteiger partial charge >= 0.3 is 6.18 Å². The van der Waals surface area contributed by atoms with E-state index in [0.717, 1.165) is 12.4 Å². The van der Waals surface area contributed by atoms with Crippen molar-refractivity contribution in [3.63, 3.8) is 0 Å². The van der Waals surface area contributed by atoms with E-state index in [9.17, 15) is 18.0 Å². The van der Waals surface area contributed by atoms with Gasteiger partial charge in [-0.1, -0.05) is 0 Å². The van der Waals surface area contributed by atoms with E-state index in [2.05, 4.69) is 9.97 Å². The van der Waals surface area contributed by atoms with Crippen molar-refractivity contribution >= 4 is 6.29 Å². The van der Waals surface area contributed by atoms with Crippen LogP contribution in [-0.2, 0) is 11.0 Å². The van der Waals surface area contributed by atoms with E-state index in [4.69, 9.17) is 4.74 Å². The predicted molar refractivity (Wildman–Crippen MR) is 47.8 cm³/mol. The molecule has 0 aromatic carbocycles. The maximum Gasteiger partial charge on any atom is 0.433 e. The molecule has 0 fully saturated rings. The highest BCUT2D eigenvalue weighted by molar-refractivity contribution is 5.48. The second-order valence-corrected chi connectivity index (χ2v) is 2.90. The zero-order valence-corrected chi connectivity index (χ0v) is 8.20. The van der Waals surface area contributed by atoms with Crippen molar-refractivity contribution in [1.29, 1.82) is 0 Å². The number of hydrogen-bond donors (Lipinski definition) is 0. The highest BCUT2D eigenvalue weighted by atomic mass is 19.4. The van der Waals surface area contributed by atoms with E-state index in [1.807, 2.05) is 0 Å². The maximum atomic E-state index is 12.2. The Morgan fingerprint density at radius 3 is 2.75 bits per heavy atom. The molecular formula is C9H9F3N2O2. The van der Waals surface area contributed by atoms with E-state index in [1.54, 1.807) is 0 Å². The van der Waals surface area contributed by atoms with Gasteiger partial charge in [-0.05, 0) is 6.42 Å². The molecule has 0 aliphatic heterocycles. The van der Waals surface area contributed by atoms with E-state index >= 15 is 0 Å². The van der Waals surface area contributed by atoms with Gasteiger partial charge < -0.3 is 9.53 Å². The summed E-state index contributed by atoms with van der Waals surface area (Å²) in [6.07, 6.45) is -2.27. The summed E-state index contributed by atoms with van der Waals surface area (Å²) in [5, 5.41) is 0. The second-order valence-electron chi connectivity index (χ2n) is 2.90. The fourth-order valence-corrected chi connectivity index (χ4v) is 0.917. The predicted octanol–water partition coefficient (Wildman–Crippen LogP) is 1.85. The number of hydrogen-bond acceptors (Lipinski definition) is 4. The summed E-state index contributed by atoms with van der Waals surface area (Å²) >= 11 is 0. The summed E-state index contributed by atoms with van der Waals surface area (Å²) in [7, 11) is 0. The largest absolute Gasteiger partial charge is 0.478 e. The summed E-state index contributed by atoms with van der Waals surface area (Å²) < 4.78 is 41.6. The fraction of sp³-hybridized carbons (Fsp3) is 0.444. The molecule has 88 valence electrons. The lowest BCUT2D eigenvalue weighted by molar-refractivity contribution is -0.141. The Bertz CT molecular complexity index is 355. The Morgan fingerprint density at radius 2 is 2.12 bits per heavy atom. The molecule has 0 bridgehead atoms. The first-order valence-corrected chi connectivity index (χ1v) is 4.49. The number of aldehydes is 1. The van der Waals surface area contributed by atoms with Crippen LogP contribution in [0.15, 0.2) is 12.4 Å². The van der Waals surface area contributed by atoms with Gasteiger partial charge in [0.2, 0.25) is 5.88 Å². The Labute approximate surface area is 89.5 Å². The van der Waals surface area contributed by atoms with E-state index in [1.165, 1.54) is 0 Å². The average Bonchev–Trinajstić information content (AvgIpc) is 2.24. The minimum atomic E-state index is -4.51. The SMILES string of the molecule is O=CCCCOc1cc(C(F)(F)F)ncn1. The number of halogens is 3. The van der Waals surface area contributed by atoms with Crippen molar-refractivity contribution < 1.29 is 22.7 Å². The molecule has 1 aromatic heterocycles. The third-order valence-corrected chi connectivity index (χ3v) is 1.65. The van der Waals surface area contributed by atoms with E-state index in [0.29, 0.717) is 19.1 Å². The van der Waals surface area contributed by atoms with Gasteiger partial charge in [-0.15, -0.1) is 0 Å². The summed E-state index contributed by atoms with van der Waals surface area (Å²) in [5.41, 5.74) is -1.05. The van der Waals surface area contributed by atoms with Gasteiger partial charge in [0.05, 0.1) is 6.61 Å². The number of carbonyl (C=O) groups is 1. The van der Waals surface area contributed by atoms with Crippen molar-refractivity contribution in [1.82, 2.24) is 9.97 Å². The van der Waals surface area contributed by atoms with Crippen molar-refractivity contribution in [3.05, 3.63) is 18.1 Å². The molecular weight excluding hydrogens is 225 g/mol. The highest BCUT2D eigenvalue weighted by Gasteiger charge is 2.32. The maximum absolute atomic E-state index is 12.2. The lowest BCUT2D eigenvalue weighted by Crippen LogP contribution is -2.09. The van der Waals surface area contributed by atoms with Crippen molar-refractivity contribution in [2.45, 2.75) is 19.0 Å². The monoisotopic (exact) mass is 234 g/mol. The smallest absolute Gasteiger partial charge is 0.433 e. The lowest BCUT2D eigenvalue weighted by atomic mass is 10.3. The Kier molecular flexibility index (Phi) is 4.21. The van der Waals surface area contributed by atoms with Crippen LogP contribution in [0.25, 0.3) is 0 Å². The van der Waals surface area contributed by atoms with Crippen molar-refractivity contribution in [2.75, 3.05) is 6.61 Å². The van der Waals surface area contributed by atoms with Crippen LogP contribution in [0.4, 0.5) is 13.2 Å². The molecule has 0 aliphatic carbocycles. The van der Waals surface area contributed by atoms with E-state index < -0.39 is 11.9 Å². The van der Waals surface area contributed by atoms with Crippen molar-refractivity contribution in [2.24, 2.45) is 0 Å². The molecule has 0 saturated heterocycles. The number of nitrogens with zero attached hydrogens (tertiary/aromatic N) is 2. The molecule has 1 rings (SSSR count). The van der Waals surface area contributed by atoms with Crippen LogP contribution in [0.5, 0.6) is 5.88 Å². The Hall–Kier alpha value is -1.66. The van der Waals surface area contributed by atoms with Gasteiger partial charge in [-0.25, -0.2) is 9.97 Å². The molecule has 1 aromatic rings. The van der Waals surface area contributed by atoms with Crippen LogP contribution >= 0.6 is 0 Å². The van der Waals surface area contributed by atoms with Crippen LogP contribution in [-0.4, -0.2) is 22.9 Å². The first-order valence-electron chi connectivity index (χ1n) is 4.49. The minimum Gasteiger partial charge on any atom is -0.478 e. The lowest BCUT2D eigenvalue weighted by Gasteiger charge is -2.07. The van der Waals surface area contributed by atoms with Gasteiger partial charge in [0, 0.05) is 12.5 Å². The first-order chi connectivity index (χ1) is 7.54. The number of alkyl halides is 3. The Morgan fingerprint density at radius 1 is 1.38 bits per heavy atom. The Balaban J connectivity index is 2.57. The molecule has 0 N–H and O–H groups in total. The number of carbonyl (C=O) groups excluding carboxylic acids is 1. The first kappa shape index (κ1) is 12.4. The molecule has 0 amide bonds. The summed E-state index contributed by atoms with van der Waals surface area (Å²) in [5.74, 6) is -0.145. The van der Waals surface area contributed by atoms with Gasteiger partial charge in [0.15, 0.2) is 5.69 Å². The zero-order valence-electron chi connectivity index (χ0n) is 8.20. The quantitative estimate of drug-likeness (QED) is 0.576. The molecule has 0 aliphatic rings. The molecule has 7 heteroatoms. The highest BCUT2D eigenvalue weighted by Crippen LogP contribution is 2.28.